The number of nitrogens with zero attached hydrogens (tertiary/aromatic N) is 6. The summed E-state index contributed by atoms with van der Waals surface area (Å²) in [5.74, 6) is 0.670. The van der Waals surface area contributed by atoms with Crippen molar-refractivity contribution in [1.82, 2.24) is 29.6 Å². The Balaban J connectivity index is 1.69. The Bertz CT molecular complexity index is 1050. The van der Waals surface area contributed by atoms with Gasteiger partial charge in [-0.3, -0.25) is 14.2 Å². The molecule has 1 saturated heterocycles. The summed E-state index contributed by atoms with van der Waals surface area (Å²) >= 11 is 0. The van der Waals surface area contributed by atoms with Crippen LogP contribution in [0, 0.1) is 6.92 Å². The molecule has 0 N–H and O–H groups in total. The molecule has 154 valence electrons. The summed E-state index contributed by atoms with van der Waals surface area (Å²) in [6.45, 7) is 8.89. The summed E-state index contributed by atoms with van der Waals surface area (Å²) in [4.78, 5) is 15.4. The molecule has 1 atom stereocenters. The minimum absolute atomic E-state index is 0.0108. The smallest absolute Gasteiger partial charge is 0.272 e. The van der Waals surface area contributed by atoms with Crippen molar-refractivity contribution < 1.29 is 9.32 Å². The molecule has 0 unspecified atom stereocenters. The third kappa shape index (κ3) is 3.47. The average Bonchev–Trinajstić information content (AvgIpc) is 3.39. The van der Waals surface area contributed by atoms with Gasteiger partial charge in [0.05, 0.1) is 28.7 Å². The zero-order valence-electron chi connectivity index (χ0n) is 17.9. The third-order valence-electron chi connectivity index (χ3n) is 5.45. The van der Waals surface area contributed by atoms with Gasteiger partial charge in [0.2, 0.25) is 0 Å². The molecule has 1 fully saturated rings. The fourth-order valence-corrected chi connectivity index (χ4v) is 3.91. The van der Waals surface area contributed by atoms with Crippen molar-refractivity contribution in [1.29, 1.82) is 0 Å². The summed E-state index contributed by atoms with van der Waals surface area (Å²) < 4.78 is 8.94. The molecular weight excluding hydrogens is 368 g/mol. The first kappa shape index (κ1) is 19.4. The topological polar surface area (TPSA) is 82.0 Å². The first-order valence-electron chi connectivity index (χ1n) is 9.98. The van der Waals surface area contributed by atoms with Crippen LogP contribution in [0.5, 0.6) is 0 Å². The number of hydrogen-bond donors (Lipinski definition) is 0. The van der Waals surface area contributed by atoms with E-state index in [9.17, 15) is 4.79 Å². The second-order valence-electron chi connectivity index (χ2n) is 8.88. The van der Waals surface area contributed by atoms with Crippen molar-refractivity contribution in [2.24, 2.45) is 14.1 Å². The van der Waals surface area contributed by atoms with E-state index in [1.165, 1.54) is 0 Å². The van der Waals surface area contributed by atoms with Gasteiger partial charge >= 0.3 is 0 Å². The SMILES string of the molecule is Cc1cc(-c2cn(C)nc2[C@@H]2CCCN2C(=O)c2cc(C(C)(C)C)nn2C)on1. The van der Waals surface area contributed by atoms with Gasteiger partial charge < -0.3 is 9.42 Å². The lowest BCUT2D eigenvalue weighted by atomic mass is 9.92. The third-order valence-corrected chi connectivity index (χ3v) is 5.45. The van der Waals surface area contributed by atoms with E-state index in [2.05, 4.69) is 36.1 Å². The molecule has 8 nitrogen and oxygen atoms in total. The van der Waals surface area contributed by atoms with E-state index in [0.717, 1.165) is 35.5 Å². The highest BCUT2D eigenvalue weighted by atomic mass is 16.5. The minimum atomic E-state index is -0.112. The normalized spacial score (nSPS) is 17.3. The molecule has 1 aliphatic heterocycles. The molecular formula is C21H28N6O2. The predicted octanol–water partition coefficient (Wildman–Crippen LogP) is 3.39. The number of aromatic nitrogens is 5. The molecule has 1 aliphatic rings. The molecule has 0 radical (unpaired) electrons. The average molecular weight is 396 g/mol. The molecule has 0 saturated carbocycles. The molecule has 0 bridgehead atoms. The van der Waals surface area contributed by atoms with E-state index in [-0.39, 0.29) is 17.4 Å². The van der Waals surface area contributed by atoms with Gasteiger partial charge in [0, 0.05) is 38.3 Å². The standard InChI is InChI=1S/C21H28N6O2/c1-13-10-17(29-24-13)14-12-25(5)23-19(14)15-8-7-9-27(15)20(28)16-11-18(21(2,3)4)22-26(16)6/h10-12,15H,7-9H2,1-6H3/t15-/m0/s1. The second-order valence-corrected chi connectivity index (χ2v) is 8.88. The van der Waals surface area contributed by atoms with Gasteiger partial charge in [-0.05, 0) is 25.8 Å². The summed E-state index contributed by atoms with van der Waals surface area (Å²) in [7, 11) is 3.71. The molecule has 3 aromatic heterocycles. The van der Waals surface area contributed by atoms with Crippen molar-refractivity contribution in [2.75, 3.05) is 6.54 Å². The van der Waals surface area contributed by atoms with Crippen LogP contribution in [0.2, 0.25) is 0 Å². The van der Waals surface area contributed by atoms with E-state index in [4.69, 9.17) is 4.52 Å². The van der Waals surface area contributed by atoms with Crippen LogP contribution in [-0.2, 0) is 19.5 Å². The highest BCUT2D eigenvalue weighted by Crippen LogP contribution is 2.38. The fraction of sp³-hybridized carbons (Fsp3) is 0.524. The number of carbonyl (C=O) groups is 1. The first-order valence-corrected chi connectivity index (χ1v) is 9.98. The first-order chi connectivity index (χ1) is 13.6. The zero-order valence-corrected chi connectivity index (χ0v) is 17.9. The van der Waals surface area contributed by atoms with Gasteiger partial charge in [0.25, 0.3) is 5.91 Å². The number of amides is 1. The van der Waals surface area contributed by atoms with Crippen molar-refractivity contribution in [3.63, 3.8) is 0 Å². The Hall–Kier alpha value is -2.90. The van der Waals surface area contributed by atoms with Crippen LogP contribution < -0.4 is 0 Å². The van der Waals surface area contributed by atoms with Crippen LogP contribution in [0.3, 0.4) is 0 Å². The predicted molar refractivity (Wildman–Crippen MR) is 108 cm³/mol. The monoisotopic (exact) mass is 396 g/mol. The summed E-state index contributed by atoms with van der Waals surface area (Å²) in [5, 5.41) is 13.3. The van der Waals surface area contributed by atoms with Crippen LogP contribution in [0.4, 0.5) is 0 Å². The number of hydrogen-bond acceptors (Lipinski definition) is 5. The van der Waals surface area contributed by atoms with Crippen LogP contribution in [0.15, 0.2) is 22.9 Å². The van der Waals surface area contributed by atoms with Gasteiger partial charge in [-0.25, -0.2) is 0 Å². The lowest BCUT2D eigenvalue weighted by Crippen LogP contribution is -2.32. The Morgan fingerprint density at radius 2 is 1.97 bits per heavy atom. The van der Waals surface area contributed by atoms with E-state index < -0.39 is 0 Å². The Labute approximate surface area is 170 Å². The zero-order chi connectivity index (χ0) is 20.9. The quantitative estimate of drug-likeness (QED) is 0.678. The molecule has 0 spiro atoms. The molecule has 0 aromatic carbocycles. The van der Waals surface area contributed by atoms with Gasteiger partial charge in [-0.2, -0.15) is 10.2 Å². The van der Waals surface area contributed by atoms with Crippen molar-refractivity contribution in [3.8, 4) is 11.3 Å². The second kappa shape index (κ2) is 6.86. The summed E-state index contributed by atoms with van der Waals surface area (Å²) in [5.41, 5.74) is 3.97. The van der Waals surface area contributed by atoms with Crippen LogP contribution in [0.1, 0.15) is 67.2 Å². The van der Waals surface area contributed by atoms with Gasteiger partial charge in [0.1, 0.15) is 5.69 Å². The van der Waals surface area contributed by atoms with E-state index in [0.29, 0.717) is 18.0 Å². The number of likely N-dealkylation sites (tertiary alicyclic amines) is 1. The Morgan fingerprint density at radius 1 is 1.21 bits per heavy atom. The molecule has 4 heterocycles. The van der Waals surface area contributed by atoms with Gasteiger partial charge in [-0.15, -0.1) is 0 Å². The maximum Gasteiger partial charge on any atom is 0.272 e. The van der Waals surface area contributed by atoms with Crippen LogP contribution >= 0.6 is 0 Å². The molecule has 3 aromatic rings. The van der Waals surface area contributed by atoms with Crippen molar-refractivity contribution in [3.05, 3.63) is 41.1 Å². The highest BCUT2D eigenvalue weighted by Gasteiger charge is 2.36. The number of carbonyl (C=O) groups excluding carboxylic acids is 1. The fourth-order valence-electron chi connectivity index (χ4n) is 3.91. The van der Waals surface area contributed by atoms with Crippen LogP contribution in [-0.4, -0.2) is 42.1 Å². The van der Waals surface area contributed by atoms with Crippen molar-refractivity contribution in [2.45, 2.75) is 52.0 Å². The molecule has 29 heavy (non-hydrogen) atoms. The Morgan fingerprint density at radius 3 is 2.59 bits per heavy atom. The largest absolute Gasteiger partial charge is 0.356 e. The molecule has 1 amide bonds. The van der Waals surface area contributed by atoms with Gasteiger partial charge in [-0.1, -0.05) is 25.9 Å². The molecule has 4 rings (SSSR count). The van der Waals surface area contributed by atoms with Crippen LogP contribution in [0.25, 0.3) is 11.3 Å². The summed E-state index contributed by atoms with van der Waals surface area (Å²) in [6, 6.07) is 3.71. The van der Waals surface area contributed by atoms with Crippen molar-refractivity contribution >= 4 is 5.91 Å². The highest BCUT2D eigenvalue weighted by molar-refractivity contribution is 5.93. The molecule has 8 heteroatoms. The Kier molecular flexibility index (Phi) is 4.59. The number of rotatable bonds is 3. The number of aryl methyl sites for hydroxylation is 3. The molecule has 0 aliphatic carbocycles. The van der Waals surface area contributed by atoms with E-state index in [1.807, 2.05) is 44.2 Å². The maximum atomic E-state index is 13.4. The van der Waals surface area contributed by atoms with E-state index >= 15 is 0 Å². The lowest BCUT2D eigenvalue weighted by molar-refractivity contribution is 0.0721. The van der Waals surface area contributed by atoms with E-state index in [1.54, 1.807) is 9.36 Å². The van der Waals surface area contributed by atoms with Gasteiger partial charge in [0.15, 0.2) is 5.76 Å². The maximum absolute atomic E-state index is 13.4. The summed E-state index contributed by atoms with van der Waals surface area (Å²) in [6.07, 6.45) is 3.73. The minimum Gasteiger partial charge on any atom is -0.356 e. The lowest BCUT2D eigenvalue weighted by Gasteiger charge is -2.24.